The van der Waals surface area contributed by atoms with Gasteiger partial charge >= 0.3 is 12.1 Å². The molecule has 0 aromatic heterocycles. The summed E-state index contributed by atoms with van der Waals surface area (Å²) in [5, 5.41) is 23.4. The summed E-state index contributed by atoms with van der Waals surface area (Å²) in [6, 6.07) is 15.7. The number of hydrogen-bond donors (Lipinski definition) is 3. The Kier molecular flexibility index (Phi) is 8.38. The Labute approximate surface area is 176 Å². The molecule has 0 spiro atoms. The number of benzene rings is 2. The number of ether oxygens (including phenoxy) is 2. The van der Waals surface area contributed by atoms with Gasteiger partial charge in [-0.25, -0.2) is 9.59 Å². The van der Waals surface area contributed by atoms with Crippen LogP contribution in [0, 0.1) is 0 Å². The Morgan fingerprint density at radius 3 is 2.30 bits per heavy atom. The van der Waals surface area contributed by atoms with Crippen LogP contribution in [-0.2, 0) is 16.1 Å². The van der Waals surface area contributed by atoms with E-state index in [-0.39, 0.29) is 30.7 Å². The molecule has 2 rings (SSSR count). The molecule has 0 radical (unpaired) electrons. The lowest BCUT2D eigenvalue weighted by Crippen LogP contribution is -2.30. The van der Waals surface area contributed by atoms with Crippen molar-refractivity contribution < 1.29 is 29.3 Å². The summed E-state index contributed by atoms with van der Waals surface area (Å²) in [7, 11) is 0. The van der Waals surface area contributed by atoms with E-state index in [9.17, 15) is 19.8 Å². The zero-order valence-corrected chi connectivity index (χ0v) is 17.5. The quantitative estimate of drug-likeness (QED) is 0.571. The fourth-order valence-corrected chi connectivity index (χ4v) is 2.74. The Bertz CT molecular complexity index is 831. The van der Waals surface area contributed by atoms with E-state index in [0.29, 0.717) is 0 Å². The van der Waals surface area contributed by atoms with Gasteiger partial charge in [0.15, 0.2) is 0 Å². The third-order valence-electron chi connectivity index (χ3n) is 4.18. The lowest BCUT2D eigenvalue weighted by atomic mass is 9.97. The topological polar surface area (TPSA) is 105 Å². The lowest BCUT2D eigenvalue weighted by Gasteiger charge is -2.23. The SMILES string of the molecule is CC(C)(C)OC(=O)c1ccccc1C(O)C(O)CCNC(=O)OCc1ccccc1. The smallest absolute Gasteiger partial charge is 0.407 e. The summed E-state index contributed by atoms with van der Waals surface area (Å²) in [6.45, 7) is 5.49. The van der Waals surface area contributed by atoms with Crippen LogP contribution in [-0.4, -0.2) is 40.5 Å². The normalized spacial score (nSPS) is 13.2. The third-order valence-corrected chi connectivity index (χ3v) is 4.18. The van der Waals surface area contributed by atoms with E-state index in [0.717, 1.165) is 5.56 Å². The van der Waals surface area contributed by atoms with E-state index < -0.39 is 29.9 Å². The first-order valence-corrected chi connectivity index (χ1v) is 9.80. The largest absolute Gasteiger partial charge is 0.456 e. The Morgan fingerprint density at radius 2 is 1.63 bits per heavy atom. The molecule has 0 aliphatic carbocycles. The molecule has 162 valence electrons. The average Bonchev–Trinajstić information content (AvgIpc) is 2.71. The molecule has 2 unspecified atom stereocenters. The van der Waals surface area contributed by atoms with Crippen LogP contribution in [0.1, 0.15) is 54.8 Å². The number of carbonyl (C=O) groups excluding carboxylic acids is 2. The molecule has 0 bridgehead atoms. The van der Waals surface area contributed by atoms with Gasteiger partial charge in [0.25, 0.3) is 0 Å². The van der Waals surface area contributed by atoms with Crippen LogP contribution >= 0.6 is 0 Å². The predicted molar refractivity (Wildman–Crippen MR) is 112 cm³/mol. The van der Waals surface area contributed by atoms with Crippen LogP contribution in [0.4, 0.5) is 4.79 Å². The van der Waals surface area contributed by atoms with Crippen molar-refractivity contribution in [3.63, 3.8) is 0 Å². The number of rotatable bonds is 8. The molecule has 0 saturated heterocycles. The van der Waals surface area contributed by atoms with Crippen molar-refractivity contribution in [2.75, 3.05) is 6.54 Å². The molecule has 1 amide bonds. The van der Waals surface area contributed by atoms with Crippen LogP contribution in [0.3, 0.4) is 0 Å². The van der Waals surface area contributed by atoms with Crippen LogP contribution in [0.15, 0.2) is 54.6 Å². The van der Waals surface area contributed by atoms with Gasteiger partial charge in [-0.15, -0.1) is 0 Å². The van der Waals surface area contributed by atoms with Gasteiger partial charge in [0.2, 0.25) is 0 Å². The van der Waals surface area contributed by atoms with Gasteiger partial charge in [-0.1, -0.05) is 48.5 Å². The first-order chi connectivity index (χ1) is 14.2. The number of aliphatic hydroxyl groups excluding tert-OH is 2. The third kappa shape index (κ3) is 7.50. The molecule has 0 aliphatic rings. The van der Waals surface area contributed by atoms with Gasteiger partial charge in [0.05, 0.1) is 11.7 Å². The number of hydrogen-bond acceptors (Lipinski definition) is 6. The molecule has 7 nitrogen and oxygen atoms in total. The number of nitrogens with one attached hydrogen (secondary N) is 1. The van der Waals surface area contributed by atoms with Crippen molar-refractivity contribution in [1.29, 1.82) is 0 Å². The second-order valence-electron chi connectivity index (χ2n) is 7.88. The van der Waals surface area contributed by atoms with E-state index >= 15 is 0 Å². The van der Waals surface area contributed by atoms with Crippen molar-refractivity contribution in [2.24, 2.45) is 0 Å². The Morgan fingerprint density at radius 1 is 1.00 bits per heavy atom. The van der Waals surface area contributed by atoms with E-state index in [1.807, 2.05) is 30.3 Å². The first-order valence-electron chi connectivity index (χ1n) is 9.80. The molecule has 0 heterocycles. The van der Waals surface area contributed by atoms with Gasteiger partial charge in [-0.05, 0) is 44.4 Å². The van der Waals surface area contributed by atoms with E-state index in [1.165, 1.54) is 0 Å². The fourth-order valence-electron chi connectivity index (χ4n) is 2.74. The maximum absolute atomic E-state index is 12.4. The second-order valence-corrected chi connectivity index (χ2v) is 7.88. The van der Waals surface area contributed by atoms with Crippen molar-refractivity contribution >= 4 is 12.1 Å². The van der Waals surface area contributed by atoms with Gasteiger partial charge in [-0.2, -0.15) is 0 Å². The molecule has 7 heteroatoms. The number of amides is 1. The number of alkyl carbamates (subject to hydrolysis) is 1. The minimum absolute atomic E-state index is 0.0737. The summed E-state index contributed by atoms with van der Waals surface area (Å²) in [5.74, 6) is -0.577. The van der Waals surface area contributed by atoms with Crippen molar-refractivity contribution in [1.82, 2.24) is 5.32 Å². The zero-order valence-electron chi connectivity index (χ0n) is 17.5. The maximum Gasteiger partial charge on any atom is 0.407 e. The van der Waals surface area contributed by atoms with E-state index in [4.69, 9.17) is 9.47 Å². The van der Waals surface area contributed by atoms with Crippen LogP contribution in [0.5, 0.6) is 0 Å². The molecule has 30 heavy (non-hydrogen) atoms. The van der Waals surface area contributed by atoms with Crippen molar-refractivity contribution in [3.8, 4) is 0 Å². The fraction of sp³-hybridized carbons (Fsp3) is 0.391. The molecule has 3 N–H and O–H groups in total. The molecule has 0 saturated carbocycles. The Balaban J connectivity index is 1.86. The summed E-state index contributed by atoms with van der Waals surface area (Å²) in [5.41, 5.74) is 0.639. The van der Waals surface area contributed by atoms with Gasteiger partial charge in [0, 0.05) is 6.54 Å². The van der Waals surface area contributed by atoms with Crippen LogP contribution in [0.2, 0.25) is 0 Å². The van der Waals surface area contributed by atoms with E-state index in [2.05, 4.69) is 5.32 Å². The summed E-state index contributed by atoms with van der Waals surface area (Å²) >= 11 is 0. The highest BCUT2D eigenvalue weighted by Crippen LogP contribution is 2.24. The highest BCUT2D eigenvalue weighted by Gasteiger charge is 2.26. The highest BCUT2D eigenvalue weighted by molar-refractivity contribution is 5.91. The van der Waals surface area contributed by atoms with Gasteiger partial charge < -0.3 is 25.0 Å². The number of esters is 1. The number of aliphatic hydroxyl groups is 2. The number of carbonyl (C=O) groups is 2. The average molecular weight is 415 g/mol. The van der Waals surface area contributed by atoms with Crippen molar-refractivity contribution in [2.45, 2.75) is 51.6 Å². The van der Waals surface area contributed by atoms with Gasteiger partial charge in [0.1, 0.15) is 18.3 Å². The molecule has 0 aliphatic heterocycles. The minimum atomic E-state index is -1.31. The molecular weight excluding hydrogens is 386 g/mol. The van der Waals surface area contributed by atoms with Crippen LogP contribution < -0.4 is 5.32 Å². The Hall–Kier alpha value is -2.90. The molecule has 2 aromatic carbocycles. The highest BCUT2D eigenvalue weighted by atomic mass is 16.6. The standard InChI is InChI=1S/C23H29NO6/c1-23(2,3)30-21(27)18-12-8-7-11-17(18)20(26)19(25)13-14-24-22(28)29-15-16-9-5-4-6-10-16/h4-12,19-20,25-26H,13-15H2,1-3H3,(H,24,28). The second kappa shape index (κ2) is 10.8. The van der Waals surface area contributed by atoms with E-state index in [1.54, 1.807) is 45.0 Å². The summed E-state index contributed by atoms with van der Waals surface area (Å²) in [6.07, 6.45) is -3.04. The minimum Gasteiger partial charge on any atom is -0.456 e. The predicted octanol–water partition coefficient (Wildman–Crippen LogP) is 3.35. The monoisotopic (exact) mass is 415 g/mol. The molecule has 0 fully saturated rings. The summed E-state index contributed by atoms with van der Waals surface area (Å²) < 4.78 is 10.5. The molecule has 2 aromatic rings. The van der Waals surface area contributed by atoms with Crippen molar-refractivity contribution in [3.05, 3.63) is 71.3 Å². The van der Waals surface area contributed by atoms with Gasteiger partial charge in [-0.3, -0.25) is 0 Å². The summed E-state index contributed by atoms with van der Waals surface area (Å²) in [4.78, 5) is 24.2. The first kappa shape index (κ1) is 23.4. The maximum atomic E-state index is 12.4. The van der Waals surface area contributed by atoms with Crippen LogP contribution in [0.25, 0.3) is 0 Å². The zero-order chi connectivity index (χ0) is 22.1. The molecule has 2 atom stereocenters. The molecular formula is C23H29NO6. The lowest BCUT2D eigenvalue weighted by molar-refractivity contribution is 0.00221.